The molecule has 0 aliphatic carbocycles. The van der Waals surface area contributed by atoms with Crippen LogP contribution in [0.4, 0.5) is 5.82 Å². The van der Waals surface area contributed by atoms with Crippen LogP contribution in [-0.2, 0) is 6.42 Å². The van der Waals surface area contributed by atoms with E-state index in [1.54, 1.807) is 0 Å². The van der Waals surface area contributed by atoms with Crippen molar-refractivity contribution in [3.8, 4) is 0 Å². The van der Waals surface area contributed by atoms with E-state index >= 15 is 0 Å². The predicted octanol–water partition coefficient (Wildman–Crippen LogP) is 1.04. The molecule has 1 N–H and O–H groups in total. The number of aryl methyl sites for hydroxylation is 1. The summed E-state index contributed by atoms with van der Waals surface area (Å²) >= 11 is 0. The molecule has 78 valence electrons. The minimum Gasteiger partial charge on any atom is -0.359 e. The van der Waals surface area contributed by atoms with E-state index in [2.05, 4.69) is 28.4 Å². The van der Waals surface area contributed by atoms with Gasteiger partial charge in [0.1, 0.15) is 5.76 Å². The quantitative estimate of drug-likeness (QED) is 0.782. The van der Waals surface area contributed by atoms with Crippen LogP contribution in [0.1, 0.15) is 19.1 Å². The summed E-state index contributed by atoms with van der Waals surface area (Å²) in [6, 6.07) is 2.06. The highest BCUT2D eigenvalue weighted by molar-refractivity contribution is 5.38. The molecule has 0 unspecified atom stereocenters. The molecule has 2 rings (SSSR count). The maximum absolute atomic E-state index is 5.25. The highest BCUT2D eigenvalue weighted by Gasteiger charge is 2.14. The maximum atomic E-state index is 5.25. The first-order valence-corrected chi connectivity index (χ1v) is 5.31. The molecule has 0 aromatic carbocycles. The van der Waals surface area contributed by atoms with Crippen LogP contribution in [0, 0.1) is 0 Å². The first-order valence-electron chi connectivity index (χ1n) is 5.31. The Morgan fingerprint density at radius 2 is 2.29 bits per heavy atom. The van der Waals surface area contributed by atoms with Gasteiger partial charge in [0.05, 0.1) is 0 Å². The SMILES string of the molecule is CCCc1cc(N2CCNCC2)no1. The second kappa shape index (κ2) is 4.46. The lowest BCUT2D eigenvalue weighted by atomic mass is 10.2. The van der Waals surface area contributed by atoms with Gasteiger partial charge < -0.3 is 14.7 Å². The Bertz CT molecular complexity index is 279. The average Bonchev–Trinajstić information content (AvgIpc) is 2.68. The lowest BCUT2D eigenvalue weighted by molar-refractivity contribution is 0.381. The fourth-order valence-corrected chi connectivity index (χ4v) is 1.71. The smallest absolute Gasteiger partial charge is 0.172 e. The standard InChI is InChI=1S/C10H17N3O/c1-2-3-9-8-10(12-14-9)13-6-4-11-5-7-13/h8,11H,2-7H2,1H3. The van der Waals surface area contributed by atoms with Crippen LogP contribution in [-0.4, -0.2) is 31.3 Å². The summed E-state index contributed by atoms with van der Waals surface area (Å²) in [5.41, 5.74) is 0. The Labute approximate surface area is 84.3 Å². The van der Waals surface area contributed by atoms with Crippen molar-refractivity contribution in [2.24, 2.45) is 0 Å². The molecule has 0 spiro atoms. The van der Waals surface area contributed by atoms with Crippen molar-refractivity contribution in [1.29, 1.82) is 0 Å². The molecular formula is C10H17N3O. The van der Waals surface area contributed by atoms with Crippen molar-refractivity contribution in [3.63, 3.8) is 0 Å². The number of anilines is 1. The van der Waals surface area contributed by atoms with Gasteiger partial charge in [-0.05, 0) is 6.42 Å². The van der Waals surface area contributed by atoms with Crippen molar-refractivity contribution in [1.82, 2.24) is 10.5 Å². The Kier molecular flexibility index (Phi) is 3.03. The molecule has 4 heteroatoms. The predicted molar refractivity (Wildman–Crippen MR) is 55.6 cm³/mol. The number of hydrogen-bond donors (Lipinski definition) is 1. The molecule has 0 radical (unpaired) electrons. The first-order chi connectivity index (χ1) is 6.90. The second-order valence-electron chi connectivity index (χ2n) is 3.64. The van der Waals surface area contributed by atoms with Gasteiger partial charge in [0, 0.05) is 38.7 Å². The Hall–Kier alpha value is -1.03. The van der Waals surface area contributed by atoms with Crippen LogP contribution in [0.2, 0.25) is 0 Å². The molecule has 0 saturated carbocycles. The zero-order valence-electron chi connectivity index (χ0n) is 8.62. The topological polar surface area (TPSA) is 41.3 Å². The molecule has 1 fully saturated rings. The molecule has 1 aromatic heterocycles. The summed E-state index contributed by atoms with van der Waals surface area (Å²) in [4.78, 5) is 2.26. The van der Waals surface area contributed by atoms with E-state index < -0.39 is 0 Å². The Balaban J connectivity index is 2.00. The third-order valence-corrected chi connectivity index (χ3v) is 2.48. The molecule has 2 heterocycles. The van der Waals surface area contributed by atoms with E-state index in [1.807, 2.05) is 0 Å². The minimum atomic E-state index is 0.985. The van der Waals surface area contributed by atoms with E-state index in [0.29, 0.717) is 0 Å². The molecule has 14 heavy (non-hydrogen) atoms. The lowest BCUT2D eigenvalue weighted by Gasteiger charge is -2.26. The van der Waals surface area contributed by atoms with Crippen LogP contribution in [0.3, 0.4) is 0 Å². The molecule has 0 amide bonds. The summed E-state index contributed by atoms with van der Waals surface area (Å²) in [5, 5.41) is 7.40. The van der Waals surface area contributed by atoms with Gasteiger partial charge in [0.25, 0.3) is 0 Å². The Morgan fingerprint density at radius 1 is 1.50 bits per heavy atom. The molecule has 1 saturated heterocycles. The van der Waals surface area contributed by atoms with Gasteiger partial charge in [0.2, 0.25) is 0 Å². The van der Waals surface area contributed by atoms with Crippen LogP contribution < -0.4 is 10.2 Å². The van der Waals surface area contributed by atoms with Crippen molar-refractivity contribution in [2.45, 2.75) is 19.8 Å². The number of hydrogen-bond acceptors (Lipinski definition) is 4. The van der Waals surface area contributed by atoms with Crippen molar-refractivity contribution >= 4 is 5.82 Å². The number of aromatic nitrogens is 1. The highest BCUT2D eigenvalue weighted by atomic mass is 16.5. The van der Waals surface area contributed by atoms with Gasteiger partial charge in [-0.25, -0.2) is 0 Å². The molecule has 0 bridgehead atoms. The number of nitrogens with zero attached hydrogens (tertiary/aromatic N) is 2. The monoisotopic (exact) mass is 195 g/mol. The van der Waals surface area contributed by atoms with Crippen molar-refractivity contribution in [3.05, 3.63) is 11.8 Å². The summed E-state index contributed by atoms with van der Waals surface area (Å²) in [5.74, 6) is 2.00. The average molecular weight is 195 g/mol. The molecule has 1 aliphatic rings. The number of piperazine rings is 1. The first kappa shape index (κ1) is 9.52. The largest absolute Gasteiger partial charge is 0.359 e. The van der Waals surface area contributed by atoms with Gasteiger partial charge >= 0.3 is 0 Å². The summed E-state index contributed by atoms with van der Waals surface area (Å²) in [6.45, 7) is 6.27. The zero-order valence-corrected chi connectivity index (χ0v) is 8.62. The lowest BCUT2D eigenvalue weighted by Crippen LogP contribution is -2.43. The molecule has 0 atom stereocenters. The summed E-state index contributed by atoms with van der Waals surface area (Å²) < 4.78 is 5.25. The third kappa shape index (κ3) is 2.07. The normalized spacial score (nSPS) is 17.4. The van der Waals surface area contributed by atoms with E-state index in [1.165, 1.54) is 0 Å². The number of nitrogens with one attached hydrogen (secondary N) is 1. The molecule has 1 aliphatic heterocycles. The van der Waals surface area contributed by atoms with Crippen LogP contribution in [0.25, 0.3) is 0 Å². The van der Waals surface area contributed by atoms with Gasteiger partial charge in [0.15, 0.2) is 5.82 Å². The van der Waals surface area contributed by atoms with E-state index in [9.17, 15) is 0 Å². The van der Waals surface area contributed by atoms with Gasteiger partial charge in [-0.2, -0.15) is 0 Å². The zero-order chi connectivity index (χ0) is 9.80. The fraction of sp³-hybridized carbons (Fsp3) is 0.700. The summed E-state index contributed by atoms with van der Waals surface area (Å²) in [6.07, 6.45) is 2.09. The van der Waals surface area contributed by atoms with Crippen LogP contribution in [0.5, 0.6) is 0 Å². The van der Waals surface area contributed by atoms with E-state index in [4.69, 9.17) is 4.52 Å². The van der Waals surface area contributed by atoms with Crippen molar-refractivity contribution in [2.75, 3.05) is 31.1 Å². The fourth-order valence-electron chi connectivity index (χ4n) is 1.71. The highest BCUT2D eigenvalue weighted by Crippen LogP contribution is 2.15. The number of rotatable bonds is 3. The van der Waals surface area contributed by atoms with E-state index in [0.717, 1.165) is 50.6 Å². The van der Waals surface area contributed by atoms with Gasteiger partial charge in [-0.3, -0.25) is 0 Å². The summed E-state index contributed by atoms with van der Waals surface area (Å²) in [7, 11) is 0. The molecule has 1 aromatic rings. The second-order valence-corrected chi connectivity index (χ2v) is 3.64. The van der Waals surface area contributed by atoms with Gasteiger partial charge in [-0.1, -0.05) is 12.1 Å². The van der Waals surface area contributed by atoms with Crippen LogP contribution in [0.15, 0.2) is 10.6 Å². The van der Waals surface area contributed by atoms with E-state index in [-0.39, 0.29) is 0 Å². The van der Waals surface area contributed by atoms with Crippen LogP contribution >= 0.6 is 0 Å². The van der Waals surface area contributed by atoms with Crippen molar-refractivity contribution < 1.29 is 4.52 Å². The Morgan fingerprint density at radius 3 is 3.00 bits per heavy atom. The third-order valence-electron chi connectivity index (χ3n) is 2.48. The molecule has 4 nitrogen and oxygen atoms in total. The molecular weight excluding hydrogens is 178 g/mol. The maximum Gasteiger partial charge on any atom is 0.172 e. The van der Waals surface area contributed by atoms with Gasteiger partial charge in [-0.15, -0.1) is 0 Å². The minimum absolute atomic E-state index is 0.985.